The number of carboxylic acids is 1. The van der Waals surface area contributed by atoms with Crippen LogP contribution in [-0.4, -0.2) is 23.2 Å². The minimum Gasteiger partial charge on any atom is -0.480 e. The second kappa shape index (κ2) is 3.94. The number of anilines is 1. The van der Waals surface area contributed by atoms with E-state index in [0.717, 1.165) is 11.2 Å². The summed E-state index contributed by atoms with van der Waals surface area (Å²) in [5.74, 6) is -3.01. The fraction of sp³-hybridized carbons (Fsp3) is 0.100. The van der Waals surface area contributed by atoms with Gasteiger partial charge in [-0.15, -0.1) is 0 Å². The predicted molar refractivity (Wildman–Crippen MR) is 58.6 cm³/mol. The molecule has 5 nitrogen and oxygen atoms in total. The van der Waals surface area contributed by atoms with Crippen LogP contribution in [0.25, 0.3) is 0 Å². The van der Waals surface area contributed by atoms with Crippen molar-refractivity contribution in [1.82, 2.24) is 0 Å². The number of hydrogen-bond donors (Lipinski definition) is 1. The zero-order chi connectivity index (χ0) is 11.7. The monoisotopic (exact) mass is 238 g/mol. The average molecular weight is 239 g/mol. The lowest BCUT2D eigenvalue weighted by molar-refractivity contribution is -0.142. The first-order chi connectivity index (χ1) is 7.59. The molecule has 1 aliphatic heterocycles. The van der Waals surface area contributed by atoms with Crippen molar-refractivity contribution < 1.29 is 14.7 Å². The molecule has 0 fully saturated rings. The summed E-state index contributed by atoms with van der Waals surface area (Å²) in [7, 11) is 0. The molecule has 1 unspecified atom stereocenters. The van der Waals surface area contributed by atoms with E-state index < -0.39 is 17.8 Å². The molecule has 0 aromatic heterocycles. The molecule has 1 atom stereocenters. The van der Waals surface area contributed by atoms with E-state index in [-0.39, 0.29) is 0 Å². The van der Waals surface area contributed by atoms with Gasteiger partial charge in [-0.3, -0.25) is 9.59 Å². The first-order valence-electron chi connectivity index (χ1n) is 4.46. The zero-order valence-electron chi connectivity index (χ0n) is 8.00. The normalized spacial score (nSPS) is 19.2. The van der Waals surface area contributed by atoms with Crippen molar-refractivity contribution in [3.63, 3.8) is 0 Å². The van der Waals surface area contributed by atoms with Gasteiger partial charge in [-0.05, 0) is 18.2 Å². The van der Waals surface area contributed by atoms with Crippen LogP contribution in [0.15, 0.2) is 29.4 Å². The van der Waals surface area contributed by atoms with Crippen molar-refractivity contribution in [3.8, 4) is 0 Å². The molecule has 6 heteroatoms. The summed E-state index contributed by atoms with van der Waals surface area (Å²) in [5, 5.41) is 14.0. The number of halogens is 1. The SMILES string of the molecule is O=C(O)C1C=NN(c2cccc(Cl)c2)C1=O. The van der Waals surface area contributed by atoms with Gasteiger partial charge in [0.05, 0.1) is 5.69 Å². The van der Waals surface area contributed by atoms with E-state index in [1.165, 1.54) is 0 Å². The Bertz CT molecular complexity index is 487. The molecular formula is C10H7ClN2O3. The van der Waals surface area contributed by atoms with E-state index in [1.54, 1.807) is 24.3 Å². The number of hydrazone groups is 1. The second-order valence-electron chi connectivity index (χ2n) is 3.21. The van der Waals surface area contributed by atoms with E-state index >= 15 is 0 Å². The number of benzene rings is 1. The van der Waals surface area contributed by atoms with Gasteiger partial charge in [0.25, 0.3) is 5.91 Å². The molecular weight excluding hydrogens is 232 g/mol. The fourth-order valence-electron chi connectivity index (χ4n) is 1.36. The number of rotatable bonds is 2. The van der Waals surface area contributed by atoms with Crippen LogP contribution >= 0.6 is 11.6 Å². The van der Waals surface area contributed by atoms with E-state index in [1.807, 2.05) is 0 Å². The van der Waals surface area contributed by atoms with Gasteiger partial charge in [0.1, 0.15) is 0 Å². The molecule has 0 aliphatic carbocycles. The van der Waals surface area contributed by atoms with Crippen LogP contribution in [0.2, 0.25) is 5.02 Å². The smallest absolute Gasteiger partial charge is 0.321 e. The van der Waals surface area contributed by atoms with E-state index in [9.17, 15) is 9.59 Å². The molecule has 1 aromatic carbocycles. The van der Waals surface area contributed by atoms with E-state index in [0.29, 0.717) is 10.7 Å². The zero-order valence-corrected chi connectivity index (χ0v) is 8.76. The summed E-state index contributed by atoms with van der Waals surface area (Å²) < 4.78 is 0. The number of aliphatic carboxylic acids is 1. The Morgan fingerprint density at radius 2 is 2.25 bits per heavy atom. The Balaban J connectivity index is 2.29. The summed E-state index contributed by atoms with van der Waals surface area (Å²) in [6.07, 6.45) is 1.10. The highest BCUT2D eigenvalue weighted by Crippen LogP contribution is 2.23. The highest BCUT2D eigenvalue weighted by molar-refractivity contribution is 6.31. The highest BCUT2D eigenvalue weighted by atomic mass is 35.5. The molecule has 1 amide bonds. The highest BCUT2D eigenvalue weighted by Gasteiger charge is 2.35. The molecule has 1 heterocycles. The lowest BCUT2D eigenvalue weighted by Crippen LogP contribution is -2.30. The first-order valence-corrected chi connectivity index (χ1v) is 4.84. The standard InChI is InChI=1S/C10H7ClN2O3/c11-6-2-1-3-7(4-6)13-9(14)8(5-12-13)10(15)16/h1-5,8H,(H,15,16). The minimum absolute atomic E-state index is 0.456. The second-order valence-corrected chi connectivity index (χ2v) is 3.65. The molecule has 0 radical (unpaired) electrons. The maximum atomic E-state index is 11.6. The van der Waals surface area contributed by atoms with Gasteiger partial charge in [0, 0.05) is 11.2 Å². The van der Waals surface area contributed by atoms with Gasteiger partial charge in [-0.25, -0.2) is 0 Å². The predicted octanol–water partition coefficient (Wildman–Crippen LogP) is 1.37. The van der Waals surface area contributed by atoms with E-state index in [4.69, 9.17) is 16.7 Å². The topological polar surface area (TPSA) is 70.0 Å². The third kappa shape index (κ3) is 1.77. The Labute approximate surface area is 95.9 Å². The average Bonchev–Trinajstić information content (AvgIpc) is 2.60. The Kier molecular flexibility index (Phi) is 2.62. The minimum atomic E-state index is -1.21. The van der Waals surface area contributed by atoms with Crippen molar-refractivity contribution in [1.29, 1.82) is 0 Å². The molecule has 0 bridgehead atoms. The van der Waals surface area contributed by atoms with Crippen LogP contribution in [0.3, 0.4) is 0 Å². The molecule has 2 rings (SSSR count). The number of amides is 1. The van der Waals surface area contributed by atoms with Gasteiger partial charge in [0.2, 0.25) is 0 Å². The lowest BCUT2D eigenvalue weighted by Gasteiger charge is -2.12. The Hall–Kier alpha value is -1.88. The van der Waals surface area contributed by atoms with Crippen molar-refractivity contribution in [2.75, 3.05) is 5.01 Å². The van der Waals surface area contributed by atoms with Crippen LogP contribution in [0.4, 0.5) is 5.69 Å². The summed E-state index contributed by atoms with van der Waals surface area (Å²) in [4.78, 5) is 22.3. The summed E-state index contributed by atoms with van der Waals surface area (Å²) in [5.41, 5.74) is 0.456. The molecule has 0 saturated carbocycles. The van der Waals surface area contributed by atoms with Crippen molar-refractivity contribution in [2.24, 2.45) is 11.0 Å². The summed E-state index contributed by atoms with van der Waals surface area (Å²) >= 11 is 5.76. The fourth-order valence-corrected chi connectivity index (χ4v) is 1.54. The third-order valence-corrected chi connectivity index (χ3v) is 2.36. The van der Waals surface area contributed by atoms with E-state index in [2.05, 4.69) is 5.10 Å². The molecule has 16 heavy (non-hydrogen) atoms. The van der Waals surface area contributed by atoms with Crippen LogP contribution in [0.5, 0.6) is 0 Å². The lowest BCUT2D eigenvalue weighted by atomic mass is 10.1. The molecule has 1 aliphatic rings. The molecule has 82 valence electrons. The quantitative estimate of drug-likeness (QED) is 0.791. The Morgan fingerprint density at radius 1 is 1.50 bits per heavy atom. The van der Waals surface area contributed by atoms with Crippen molar-refractivity contribution in [3.05, 3.63) is 29.3 Å². The molecule has 0 spiro atoms. The van der Waals surface area contributed by atoms with Crippen molar-refractivity contribution >= 4 is 35.4 Å². The van der Waals surface area contributed by atoms with Gasteiger partial charge in [-0.2, -0.15) is 10.1 Å². The molecule has 1 aromatic rings. The summed E-state index contributed by atoms with van der Waals surface area (Å²) in [6.45, 7) is 0. The number of carbonyl (C=O) groups is 2. The van der Waals surface area contributed by atoms with Crippen LogP contribution in [0, 0.1) is 5.92 Å². The maximum Gasteiger partial charge on any atom is 0.321 e. The van der Waals surface area contributed by atoms with Crippen molar-refractivity contribution in [2.45, 2.75) is 0 Å². The first kappa shape index (κ1) is 10.6. The molecule has 1 N–H and O–H groups in total. The van der Waals surface area contributed by atoms with Gasteiger partial charge in [0.15, 0.2) is 5.92 Å². The van der Waals surface area contributed by atoms with Gasteiger partial charge < -0.3 is 5.11 Å². The largest absolute Gasteiger partial charge is 0.480 e. The Morgan fingerprint density at radius 3 is 2.81 bits per heavy atom. The number of carbonyl (C=O) groups excluding carboxylic acids is 1. The summed E-state index contributed by atoms with van der Waals surface area (Å²) in [6, 6.07) is 6.49. The van der Waals surface area contributed by atoms with Gasteiger partial charge >= 0.3 is 5.97 Å². The van der Waals surface area contributed by atoms with Gasteiger partial charge in [-0.1, -0.05) is 17.7 Å². The molecule has 0 saturated heterocycles. The maximum absolute atomic E-state index is 11.6. The third-order valence-electron chi connectivity index (χ3n) is 2.12. The number of hydrogen-bond acceptors (Lipinski definition) is 3. The van der Waals surface area contributed by atoms with Crippen LogP contribution in [0.1, 0.15) is 0 Å². The van der Waals surface area contributed by atoms with Crippen LogP contribution < -0.4 is 5.01 Å². The number of nitrogens with zero attached hydrogens (tertiary/aromatic N) is 2. The number of carboxylic acid groups (broad SMARTS) is 1. The van der Waals surface area contributed by atoms with Crippen LogP contribution in [-0.2, 0) is 9.59 Å².